The molecule has 1 saturated carbocycles. The molecule has 0 saturated heterocycles. The van der Waals surface area contributed by atoms with Crippen LogP contribution in [0.5, 0.6) is 0 Å². The summed E-state index contributed by atoms with van der Waals surface area (Å²) in [6.45, 7) is 4.20. The Hall–Kier alpha value is -1.78. The van der Waals surface area contributed by atoms with Crippen LogP contribution in [0.1, 0.15) is 24.1 Å². The van der Waals surface area contributed by atoms with Crippen LogP contribution in [0, 0.1) is 6.92 Å². The van der Waals surface area contributed by atoms with E-state index in [4.69, 9.17) is 0 Å². The van der Waals surface area contributed by atoms with Crippen molar-refractivity contribution in [1.82, 2.24) is 15.2 Å². The maximum absolute atomic E-state index is 12.2. The number of hydrogen-bond donors (Lipinski definition) is 1. The molecule has 2 heterocycles. The molecule has 5 heteroatoms. The maximum Gasteiger partial charge on any atom is 0.317 e. The van der Waals surface area contributed by atoms with Crippen LogP contribution in [0.4, 0.5) is 10.6 Å². The standard InChI is InChI=1S/C14H20N4O/c1-10-3-4-11-9-18(14(19)16-12-5-6-12)8-7-17(2)13(11)15-10/h3-4,12H,5-9H2,1-2H3,(H,16,19). The second-order valence-electron chi connectivity index (χ2n) is 5.50. The monoisotopic (exact) mass is 260 g/mol. The quantitative estimate of drug-likeness (QED) is 0.832. The second kappa shape index (κ2) is 4.72. The highest BCUT2D eigenvalue weighted by Crippen LogP contribution is 2.23. The Morgan fingerprint density at radius 3 is 2.89 bits per heavy atom. The summed E-state index contributed by atoms with van der Waals surface area (Å²) in [5.41, 5.74) is 2.14. The molecule has 3 rings (SSSR count). The number of hydrogen-bond acceptors (Lipinski definition) is 3. The number of aromatic nitrogens is 1. The summed E-state index contributed by atoms with van der Waals surface area (Å²) in [4.78, 5) is 20.8. The molecule has 0 unspecified atom stereocenters. The lowest BCUT2D eigenvalue weighted by Crippen LogP contribution is -2.42. The largest absolute Gasteiger partial charge is 0.358 e. The molecule has 0 radical (unpaired) electrons. The average Bonchev–Trinajstić information content (AvgIpc) is 3.19. The normalized spacial score (nSPS) is 18.8. The first-order valence-corrected chi connectivity index (χ1v) is 6.86. The molecule has 2 aliphatic rings. The van der Waals surface area contributed by atoms with Crippen molar-refractivity contribution in [3.8, 4) is 0 Å². The van der Waals surface area contributed by atoms with Crippen molar-refractivity contribution in [2.45, 2.75) is 32.4 Å². The Bertz CT molecular complexity index is 498. The molecule has 1 fully saturated rings. The predicted octanol–water partition coefficient (Wildman–Crippen LogP) is 1.51. The number of fused-ring (bicyclic) bond motifs is 1. The van der Waals surface area contributed by atoms with Crippen molar-refractivity contribution in [1.29, 1.82) is 0 Å². The molecule has 0 aromatic carbocycles. The molecular formula is C14H20N4O. The Kier molecular flexibility index (Phi) is 3.05. The van der Waals surface area contributed by atoms with E-state index in [1.54, 1.807) is 0 Å². The van der Waals surface area contributed by atoms with E-state index in [0.717, 1.165) is 43.0 Å². The highest BCUT2D eigenvalue weighted by Gasteiger charge is 2.28. The summed E-state index contributed by atoms with van der Waals surface area (Å²) in [7, 11) is 2.04. The van der Waals surface area contributed by atoms with E-state index in [0.29, 0.717) is 12.6 Å². The van der Waals surface area contributed by atoms with Crippen molar-refractivity contribution in [2.24, 2.45) is 0 Å². The molecule has 102 valence electrons. The van der Waals surface area contributed by atoms with E-state index < -0.39 is 0 Å². The predicted molar refractivity (Wildman–Crippen MR) is 74.2 cm³/mol. The van der Waals surface area contributed by atoms with Gasteiger partial charge in [-0.25, -0.2) is 9.78 Å². The lowest BCUT2D eigenvalue weighted by molar-refractivity contribution is 0.197. The molecule has 0 spiro atoms. The van der Waals surface area contributed by atoms with Gasteiger partial charge in [-0.2, -0.15) is 0 Å². The van der Waals surface area contributed by atoms with Gasteiger partial charge in [0.05, 0.1) is 6.54 Å². The highest BCUT2D eigenvalue weighted by atomic mass is 16.2. The van der Waals surface area contributed by atoms with E-state index in [9.17, 15) is 4.79 Å². The number of carbonyl (C=O) groups excluding carboxylic acids is 1. The number of pyridine rings is 1. The van der Waals surface area contributed by atoms with E-state index in [-0.39, 0.29) is 6.03 Å². The van der Waals surface area contributed by atoms with Crippen molar-refractivity contribution in [2.75, 3.05) is 25.0 Å². The highest BCUT2D eigenvalue weighted by molar-refractivity contribution is 5.75. The van der Waals surface area contributed by atoms with E-state index in [1.807, 2.05) is 24.9 Å². The molecule has 1 aromatic heterocycles. The van der Waals surface area contributed by atoms with Gasteiger partial charge >= 0.3 is 6.03 Å². The zero-order chi connectivity index (χ0) is 13.4. The number of nitrogens with zero attached hydrogens (tertiary/aromatic N) is 3. The summed E-state index contributed by atoms with van der Waals surface area (Å²) >= 11 is 0. The average molecular weight is 260 g/mol. The fourth-order valence-corrected chi connectivity index (χ4v) is 2.35. The number of carbonyl (C=O) groups is 1. The van der Waals surface area contributed by atoms with Crippen molar-refractivity contribution in [3.05, 3.63) is 23.4 Å². The first kappa shape index (κ1) is 12.3. The smallest absolute Gasteiger partial charge is 0.317 e. The summed E-state index contributed by atoms with van der Waals surface area (Å²) in [6, 6.07) is 4.56. The first-order chi connectivity index (χ1) is 9.13. The second-order valence-corrected chi connectivity index (χ2v) is 5.50. The van der Waals surface area contributed by atoms with Crippen LogP contribution in [-0.2, 0) is 6.54 Å². The molecule has 2 amide bonds. The minimum Gasteiger partial charge on any atom is -0.358 e. The zero-order valence-electron chi connectivity index (χ0n) is 11.5. The number of amides is 2. The lowest BCUT2D eigenvalue weighted by Gasteiger charge is -2.21. The number of rotatable bonds is 1. The number of aryl methyl sites for hydroxylation is 1. The molecule has 0 atom stereocenters. The van der Waals surface area contributed by atoms with Gasteiger partial charge in [0.25, 0.3) is 0 Å². The minimum atomic E-state index is 0.0596. The van der Waals surface area contributed by atoms with Crippen LogP contribution < -0.4 is 10.2 Å². The number of anilines is 1. The summed E-state index contributed by atoms with van der Waals surface area (Å²) < 4.78 is 0. The van der Waals surface area contributed by atoms with Crippen molar-refractivity contribution < 1.29 is 4.79 Å². The fourth-order valence-electron chi connectivity index (χ4n) is 2.35. The molecule has 0 bridgehead atoms. The summed E-state index contributed by atoms with van der Waals surface area (Å²) in [5, 5.41) is 3.06. The minimum absolute atomic E-state index is 0.0596. The van der Waals surface area contributed by atoms with Crippen LogP contribution in [0.3, 0.4) is 0 Å². The summed E-state index contributed by atoms with van der Waals surface area (Å²) in [6.07, 6.45) is 2.24. The lowest BCUT2D eigenvalue weighted by atomic mass is 10.2. The van der Waals surface area contributed by atoms with Gasteiger partial charge in [-0.1, -0.05) is 6.07 Å². The topological polar surface area (TPSA) is 48.5 Å². The van der Waals surface area contributed by atoms with Gasteiger partial charge in [0.15, 0.2) is 0 Å². The van der Waals surface area contributed by atoms with Crippen LogP contribution >= 0.6 is 0 Å². The van der Waals surface area contributed by atoms with Crippen LogP contribution in [0.15, 0.2) is 12.1 Å². The van der Waals surface area contributed by atoms with E-state index in [2.05, 4.69) is 21.3 Å². The van der Waals surface area contributed by atoms with Gasteiger partial charge in [0.2, 0.25) is 0 Å². The Labute approximate surface area is 113 Å². The van der Waals surface area contributed by atoms with Gasteiger partial charge in [0.1, 0.15) is 5.82 Å². The molecule has 1 N–H and O–H groups in total. The SMILES string of the molecule is Cc1ccc2c(n1)N(C)CCN(C(=O)NC1CC1)C2. The van der Waals surface area contributed by atoms with Gasteiger partial charge < -0.3 is 15.1 Å². The van der Waals surface area contributed by atoms with Gasteiger partial charge in [0, 0.05) is 37.4 Å². The van der Waals surface area contributed by atoms with Gasteiger partial charge in [-0.3, -0.25) is 0 Å². The fraction of sp³-hybridized carbons (Fsp3) is 0.571. The molecule has 1 aromatic rings. The zero-order valence-corrected chi connectivity index (χ0v) is 11.5. The molecule has 19 heavy (non-hydrogen) atoms. The third-order valence-electron chi connectivity index (χ3n) is 3.72. The van der Waals surface area contributed by atoms with E-state index >= 15 is 0 Å². The third-order valence-corrected chi connectivity index (χ3v) is 3.72. The Morgan fingerprint density at radius 1 is 1.37 bits per heavy atom. The van der Waals surface area contributed by atoms with Crippen molar-refractivity contribution in [3.63, 3.8) is 0 Å². The maximum atomic E-state index is 12.2. The van der Waals surface area contributed by atoms with Crippen LogP contribution in [0.25, 0.3) is 0 Å². The van der Waals surface area contributed by atoms with Crippen LogP contribution in [0.2, 0.25) is 0 Å². The first-order valence-electron chi connectivity index (χ1n) is 6.86. The number of likely N-dealkylation sites (N-methyl/N-ethyl adjacent to an activating group) is 1. The Balaban J connectivity index is 1.80. The number of urea groups is 1. The summed E-state index contributed by atoms with van der Waals surface area (Å²) in [5.74, 6) is 1.00. The van der Waals surface area contributed by atoms with Gasteiger partial charge in [-0.05, 0) is 25.8 Å². The molecular weight excluding hydrogens is 240 g/mol. The number of nitrogens with one attached hydrogen (secondary N) is 1. The molecule has 5 nitrogen and oxygen atoms in total. The Morgan fingerprint density at radius 2 is 2.16 bits per heavy atom. The molecule has 1 aliphatic heterocycles. The third kappa shape index (κ3) is 2.64. The van der Waals surface area contributed by atoms with Crippen LogP contribution in [-0.4, -0.2) is 42.1 Å². The van der Waals surface area contributed by atoms with Crippen molar-refractivity contribution >= 4 is 11.8 Å². The molecule has 1 aliphatic carbocycles. The van der Waals surface area contributed by atoms with Gasteiger partial charge in [-0.15, -0.1) is 0 Å². The van der Waals surface area contributed by atoms with E-state index in [1.165, 1.54) is 0 Å².